The zero-order valence-corrected chi connectivity index (χ0v) is 16.6. The summed E-state index contributed by atoms with van der Waals surface area (Å²) in [5, 5.41) is 3.00. The maximum absolute atomic E-state index is 13.4. The minimum atomic E-state index is -1.15. The van der Waals surface area contributed by atoms with E-state index >= 15 is 0 Å². The molecule has 1 amide bonds. The van der Waals surface area contributed by atoms with E-state index in [9.17, 15) is 14.0 Å². The molecule has 1 saturated carbocycles. The molecule has 1 N–H and O–H groups in total. The number of para-hydroxylation sites is 1. The summed E-state index contributed by atoms with van der Waals surface area (Å²) in [6.07, 6.45) is 5.67. The number of nitrogens with one attached hydrogen (secondary N) is 1. The first-order valence-corrected chi connectivity index (χ1v) is 10.3. The van der Waals surface area contributed by atoms with Crippen LogP contribution < -0.4 is 10.1 Å². The van der Waals surface area contributed by atoms with Crippen molar-refractivity contribution in [1.29, 1.82) is 0 Å². The molecule has 156 valence electrons. The molecule has 2 aliphatic rings. The first-order valence-electron chi connectivity index (χ1n) is 10.3. The molecule has 2 aromatic rings. The molecule has 0 bridgehead atoms. The summed E-state index contributed by atoms with van der Waals surface area (Å²) in [5.41, 5.74) is 1.53. The fraction of sp³-hybridized carbons (Fsp3) is 0.333. The van der Waals surface area contributed by atoms with Crippen molar-refractivity contribution in [3.63, 3.8) is 0 Å². The van der Waals surface area contributed by atoms with Gasteiger partial charge in [-0.25, -0.2) is 9.18 Å². The van der Waals surface area contributed by atoms with E-state index < -0.39 is 17.9 Å². The Kier molecular flexibility index (Phi) is 6.12. The summed E-state index contributed by atoms with van der Waals surface area (Å²) >= 11 is 0. The number of benzene rings is 2. The zero-order valence-electron chi connectivity index (χ0n) is 16.6. The molecule has 1 aliphatic carbocycles. The number of fused-ring (bicyclic) bond motifs is 1. The molecular weight excluding hydrogens is 385 g/mol. The SMILES string of the molecule is O=C(O[C@@H](C(=O)NC1CCCCC1)c1ccc(F)cc1)C1=Cc2ccccc2OC1. The zero-order chi connectivity index (χ0) is 20.9. The third-order valence-corrected chi connectivity index (χ3v) is 5.48. The molecule has 0 radical (unpaired) electrons. The smallest absolute Gasteiger partial charge is 0.338 e. The first kappa shape index (κ1) is 20.1. The van der Waals surface area contributed by atoms with Crippen molar-refractivity contribution >= 4 is 18.0 Å². The van der Waals surface area contributed by atoms with Crippen molar-refractivity contribution in [2.45, 2.75) is 44.2 Å². The van der Waals surface area contributed by atoms with Gasteiger partial charge in [0.2, 0.25) is 6.10 Å². The average Bonchev–Trinajstić information content (AvgIpc) is 2.78. The summed E-state index contributed by atoms with van der Waals surface area (Å²) in [5.74, 6) is -0.743. The van der Waals surface area contributed by atoms with Gasteiger partial charge in [0.1, 0.15) is 18.2 Å². The Labute approximate surface area is 174 Å². The minimum Gasteiger partial charge on any atom is -0.488 e. The van der Waals surface area contributed by atoms with Crippen molar-refractivity contribution in [3.8, 4) is 5.75 Å². The maximum Gasteiger partial charge on any atom is 0.338 e. The lowest BCUT2D eigenvalue weighted by molar-refractivity contribution is -0.153. The van der Waals surface area contributed by atoms with Crippen LogP contribution in [0.3, 0.4) is 0 Å². The molecule has 1 atom stereocenters. The van der Waals surface area contributed by atoms with Crippen molar-refractivity contribution in [2.75, 3.05) is 6.61 Å². The van der Waals surface area contributed by atoms with Gasteiger partial charge in [0, 0.05) is 17.2 Å². The molecule has 6 heteroatoms. The van der Waals surface area contributed by atoms with Crippen LogP contribution in [0.25, 0.3) is 6.08 Å². The third kappa shape index (κ3) is 4.70. The van der Waals surface area contributed by atoms with E-state index in [-0.39, 0.29) is 18.6 Å². The van der Waals surface area contributed by atoms with Gasteiger partial charge < -0.3 is 14.8 Å². The molecule has 5 nitrogen and oxygen atoms in total. The maximum atomic E-state index is 13.4. The second-order valence-electron chi connectivity index (χ2n) is 7.68. The lowest BCUT2D eigenvalue weighted by Crippen LogP contribution is -2.40. The highest BCUT2D eigenvalue weighted by Gasteiger charge is 2.29. The number of carbonyl (C=O) groups is 2. The summed E-state index contributed by atoms with van der Waals surface area (Å²) in [6, 6.07) is 12.9. The van der Waals surface area contributed by atoms with E-state index in [1.54, 1.807) is 6.08 Å². The van der Waals surface area contributed by atoms with Gasteiger partial charge in [-0.3, -0.25) is 4.79 Å². The molecule has 1 heterocycles. The molecule has 4 rings (SSSR count). The number of halogens is 1. The van der Waals surface area contributed by atoms with Gasteiger partial charge in [0.15, 0.2) is 0 Å². The highest BCUT2D eigenvalue weighted by Crippen LogP contribution is 2.28. The summed E-state index contributed by atoms with van der Waals surface area (Å²) < 4.78 is 24.6. The number of hydrogen-bond acceptors (Lipinski definition) is 4. The van der Waals surface area contributed by atoms with Crippen molar-refractivity contribution in [1.82, 2.24) is 5.32 Å². The van der Waals surface area contributed by atoms with E-state index in [1.807, 2.05) is 24.3 Å². The van der Waals surface area contributed by atoms with Crippen LogP contribution in [0.2, 0.25) is 0 Å². The van der Waals surface area contributed by atoms with E-state index in [2.05, 4.69) is 5.32 Å². The first-order chi connectivity index (χ1) is 14.6. The lowest BCUT2D eigenvalue weighted by atomic mass is 9.95. The van der Waals surface area contributed by atoms with E-state index in [0.29, 0.717) is 16.9 Å². The van der Waals surface area contributed by atoms with E-state index in [0.717, 1.165) is 31.2 Å². The molecule has 0 unspecified atom stereocenters. The largest absolute Gasteiger partial charge is 0.488 e. The summed E-state index contributed by atoms with van der Waals surface area (Å²) in [6.45, 7) is 0.0657. The number of hydrogen-bond donors (Lipinski definition) is 1. The van der Waals surface area contributed by atoms with Crippen LogP contribution >= 0.6 is 0 Å². The number of esters is 1. The molecule has 1 fully saturated rings. The standard InChI is InChI=1S/C24H24FNO4/c25-19-12-10-16(11-13-19)22(23(27)26-20-7-2-1-3-8-20)30-24(28)18-14-17-6-4-5-9-21(17)29-15-18/h4-6,9-14,20,22H,1-3,7-8,15H2,(H,26,27)/t22-/m1/s1. The Hall–Kier alpha value is -3.15. The van der Waals surface area contributed by atoms with Crippen molar-refractivity contribution in [3.05, 3.63) is 71.0 Å². The van der Waals surface area contributed by atoms with Crippen LogP contribution in [0.4, 0.5) is 4.39 Å². The molecule has 1 aliphatic heterocycles. The second-order valence-corrected chi connectivity index (χ2v) is 7.68. The van der Waals surface area contributed by atoms with Crippen LogP contribution in [0.1, 0.15) is 49.3 Å². The molecule has 0 saturated heterocycles. The third-order valence-electron chi connectivity index (χ3n) is 5.48. The lowest BCUT2D eigenvalue weighted by Gasteiger charge is -2.26. The predicted molar refractivity (Wildman–Crippen MR) is 110 cm³/mol. The van der Waals surface area contributed by atoms with Gasteiger partial charge in [-0.05, 0) is 37.1 Å². The van der Waals surface area contributed by atoms with Gasteiger partial charge in [-0.15, -0.1) is 0 Å². The normalized spacial score (nSPS) is 17.2. The van der Waals surface area contributed by atoms with Crippen molar-refractivity contribution in [2.24, 2.45) is 0 Å². The number of amides is 1. The van der Waals surface area contributed by atoms with Crippen molar-refractivity contribution < 1.29 is 23.5 Å². The van der Waals surface area contributed by atoms with E-state index in [1.165, 1.54) is 30.7 Å². The second kappa shape index (κ2) is 9.11. The average molecular weight is 409 g/mol. The minimum absolute atomic E-state index is 0.0657. The molecule has 2 aromatic carbocycles. The van der Waals surface area contributed by atoms with Gasteiger partial charge in [-0.1, -0.05) is 49.6 Å². The van der Waals surface area contributed by atoms with Gasteiger partial charge in [0.05, 0.1) is 5.57 Å². The summed E-state index contributed by atoms with van der Waals surface area (Å²) in [7, 11) is 0. The van der Waals surface area contributed by atoms with Gasteiger partial charge >= 0.3 is 5.97 Å². The topological polar surface area (TPSA) is 64.6 Å². The van der Waals surface area contributed by atoms with Crippen LogP contribution in [0.15, 0.2) is 54.1 Å². The predicted octanol–water partition coefficient (Wildman–Crippen LogP) is 4.33. The highest BCUT2D eigenvalue weighted by atomic mass is 19.1. The Bertz CT molecular complexity index is 948. The molecule has 0 spiro atoms. The molecular formula is C24H24FNO4. The van der Waals surface area contributed by atoms with Gasteiger partial charge in [0.25, 0.3) is 5.91 Å². The Morgan fingerprint density at radius 1 is 1.03 bits per heavy atom. The van der Waals surface area contributed by atoms with Crippen LogP contribution in [-0.2, 0) is 14.3 Å². The summed E-state index contributed by atoms with van der Waals surface area (Å²) in [4.78, 5) is 25.8. The number of carbonyl (C=O) groups excluding carboxylic acids is 2. The van der Waals surface area contributed by atoms with Crippen LogP contribution in [0, 0.1) is 5.82 Å². The number of rotatable bonds is 5. The quantitative estimate of drug-likeness (QED) is 0.747. The Balaban J connectivity index is 1.53. The molecule has 30 heavy (non-hydrogen) atoms. The Morgan fingerprint density at radius 2 is 1.77 bits per heavy atom. The van der Waals surface area contributed by atoms with E-state index in [4.69, 9.17) is 9.47 Å². The Morgan fingerprint density at radius 3 is 2.53 bits per heavy atom. The fourth-order valence-corrected chi connectivity index (χ4v) is 3.85. The van der Waals surface area contributed by atoms with Crippen LogP contribution in [-0.4, -0.2) is 24.5 Å². The fourth-order valence-electron chi connectivity index (χ4n) is 3.85. The van der Waals surface area contributed by atoms with Gasteiger partial charge in [-0.2, -0.15) is 0 Å². The number of ether oxygens (including phenoxy) is 2. The monoisotopic (exact) mass is 409 g/mol. The molecule has 0 aromatic heterocycles. The highest BCUT2D eigenvalue weighted by molar-refractivity contribution is 5.97. The van der Waals surface area contributed by atoms with Crippen LogP contribution in [0.5, 0.6) is 5.75 Å².